The van der Waals surface area contributed by atoms with Crippen molar-refractivity contribution in [2.45, 2.75) is 24.9 Å². The van der Waals surface area contributed by atoms with Crippen LogP contribution in [0.5, 0.6) is 0 Å². The Hall–Kier alpha value is -1.82. The van der Waals surface area contributed by atoms with E-state index in [1.165, 1.54) is 13.4 Å². The lowest BCUT2D eigenvalue weighted by Crippen LogP contribution is -2.28. The van der Waals surface area contributed by atoms with E-state index in [9.17, 15) is 9.46 Å². The minimum atomic E-state index is -4.18. The highest BCUT2D eigenvalue weighted by molar-refractivity contribution is 7.47. The van der Waals surface area contributed by atoms with E-state index in [-0.39, 0.29) is 24.8 Å². The van der Waals surface area contributed by atoms with Crippen LogP contribution in [0.2, 0.25) is 0 Å². The van der Waals surface area contributed by atoms with Gasteiger partial charge in [-0.3, -0.25) is 13.6 Å². The van der Waals surface area contributed by atoms with E-state index in [0.717, 1.165) is 7.11 Å². The number of phosphoric ester groups is 1. The molecule has 4 atom stereocenters. The Morgan fingerprint density at radius 1 is 1.44 bits per heavy atom. The number of nitrogens with zero attached hydrogens (tertiary/aromatic N) is 4. The smallest absolute Gasteiger partial charge is 0.382 e. The van der Waals surface area contributed by atoms with Crippen molar-refractivity contribution < 1.29 is 28.0 Å². The van der Waals surface area contributed by atoms with Gasteiger partial charge in [0.1, 0.15) is 24.0 Å². The summed E-state index contributed by atoms with van der Waals surface area (Å²) in [6, 6.07) is 0. The molecule has 138 valence electrons. The van der Waals surface area contributed by atoms with Gasteiger partial charge >= 0.3 is 7.82 Å². The molecule has 3 rings (SSSR count). The first-order valence-electron chi connectivity index (χ1n) is 7.31. The Morgan fingerprint density at radius 3 is 2.88 bits per heavy atom. The maximum Gasteiger partial charge on any atom is 0.472 e. The summed E-state index contributed by atoms with van der Waals surface area (Å²) in [4.78, 5) is 21.7. The molecule has 0 bridgehead atoms. The Bertz CT molecular complexity index is 815. The number of hydrogen-bond acceptors (Lipinski definition) is 10. The van der Waals surface area contributed by atoms with Crippen molar-refractivity contribution >= 4 is 30.8 Å². The topological polar surface area (TPSA) is 170 Å². The van der Waals surface area contributed by atoms with Crippen LogP contribution in [0.4, 0.5) is 11.8 Å². The van der Waals surface area contributed by atoms with Gasteiger partial charge in [0.25, 0.3) is 0 Å². The van der Waals surface area contributed by atoms with Gasteiger partial charge in [-0.2, -0.15) is 9.97 Å². The third-order valence-corrected chi connectivity index (χ3v) is 4.79. The molecule has 2 unspecified atom stereocenters. The van der Waals surface area contributed by atoms with Crippen molar-refractivity contribution in [1.29, 1.82) is 0 Å². The number of anilines is 2. The second-order valence-corrected chi connectivity index (χ2v) is 6.92. The Balaban J connectivity index is 1.90. The first-order valence-corrected chi connectivity index (χ1v) is 8.81. The second-order valence-electron chi connectivity index (χ2n) is 5.41. The van der Waals surface area contributed by atoms with Gasteiger partial charge in [-0.15, -0.1) is 0 Å². The standard InChI is InChI=1S/C12H19N6O6P/c1-21-4-7-6(24-25(19,20)22-2)3-8(23-7)18-5-15-9-10(13)16-12(14)17-11(9)18/h5-8H,3-4H2,1-2H3,(H,19,20)(H4,13,14,16,17)/t6?,7-,8-/m1/s1. The Morgan fingerprint density at radius 2 is 2.20 bits per heavy atom. The number of hydrogen-bond donors (Lipinski definition) is 3. The summed E-state index contributed by atoms with van der Waals surface area (Å²) in [7, 11) is -1.60. The lowest BCUT2D eigenvalue weighted by Gasteiger charge is -2.19. The number of ether oxygens (including phenoxy) is 2. The summed E-state index contributed by atoms with van der Waals surface area (Å²) in [5, 5.41) is 0. The molecular weight excluding hydrogens is 355 g/mol. The van der Waals surface area contributed by atoms with Gasteiger partial charge in [0.2, 0.25) is 5.95 Å². The fourth-order valence-electron chi connectivity index (χ4n) is 2.68. The van der Waals surface area contributed by atoms with Crippen molar-refractivity contribution in [3.05, 3.63) is 6.33 Å². The van der Waals surface area contributed by atoms with Gasteiger partial charge in [0, 0.05) is 20.6 Å². The molecule has 5 N–H and O–H groups in total. The predicted octanol–water partition coefficient (Wildman–Crippen LogP) is 0.0566. The minimum Gasteiger partial charge on any atom is -0.382 e. The summed E-state index contributed by atoms with van der Waals surface area (Å²) in [5.74, 6) is 0.157. The van der Waals surface area contributed by atoms with E-state index in [2.05, 4.69) is 19.5 Å². The van der Waals surface area contributed by atoms with Crippen LogP contribution in [0.25, 0.3) is 11.2 Å². The SMILES string of the molecule is COC[C@H]1O[C@@H](n2cnc3c(N)nc(N)nc32)CC1OP(=O)(O)OC. The predicted molar refractivity (Wildman–Crippen MR) is 86.3 cm³/mol. The molecular formula is C12H19N6O6P. The largest absolute Gasteiger partial charge is 0.472 e. The summed E-state index contributed by atoms with van der Waals surface area (Å²) >= 11 is 0. The van der Waals surface area contributed by atoms with E-state index in [4.69, 9.17) is 25.5 Å². The van der Waals surface area contributed by atoms with Gasteiger partial charge in [0.15, 0.2) is 11.5 Å². The molecule has 1 fully saturated rings. The molecule has 1 aliphatic heterocycles. The zero-order chi connectivity index (χ0) is 18.2. The van der Waals surface area contributed by atoms with Gasteiger partial charge in [-0.1, -0.05) is 0 Å². The summed E-state index contributed by atoms with van der Waals surface area (Å²) < 4.78 is 34.0. The van der Waals surface area contributed by atoms with Crippen molar-refractivity contribution in [3.63, 3.8) is 0 Å². The zero-order valence-electron chi connectivity index (χ0n) is 13.6. The maximum absolute atomic E-state index is 11.7. The van der Waals surface area contributed by atoms with Crippen molar-refractivity contribution in [3.8, 4) is 0 Å². The van der Waals surface area contributed by atoms with Crippen molar-refractivity contribution in [1.82, 2.24) is 19.5 Å². The first kappa shape index (κ1) is 18.0. The van der Waals surface area contributed by atoms with Crippen LogP contribution in [0.15, 0.2) is 6.33 Å². The number of rotatable bonds is 6. The lowest BCUT2D eigenvalue weighted by atomic mass is 10.2. The molecule has 0 aliphatic carbocycles. The molecule has 1 saturated heterocycles. The molecule has 13 heteroatoms. The zero-order valence-corrected chi connectivity index (χ0v) is 14.5. The van der Waals surface area contributed by atoms with E-state index < -0.39 is 26.3 Å². The van der Waals surface area contributed by atoms with E-state index in [1.807, 2.05) is 0 Å². The third-order valence-electron chi connectivity index (χ3n) is 3.79. The molecule has 0 aromatic carbocycles. The van der Waals surface area contributed by atoms with Gasteiger partial charge < -0.3 is 25.8 Å². The van der Waals surface area contributed by atoms with E-state index in [1.54, 1.807) is 4.57 Å². The highest BCUT2D eigenvalue weighted by atomic mass is 31.2. The molecule has 0 spiro atoms. The number of phosphoric acid groups is 1. The Labute approximate surface area is 142 Å². The van der Waals surface area contributed by atoms with Crippen LogP contribution in [0, 0.1) is 0 Å². The van der Waals surface area contributed by atoms with Crippen LogP contribution in [0.3, 0.4) is 0 Å². The number of methoxy groups -OCH3 is 1. The van der Waals surface area contributed by atoms with Crippen LogP contribution >= 0.6 is 7.82 Å². The van der Waals surface area contributed by atoms with Gasteiger partial charge in [-0.05, 0) is 0 Å². The summed E-state index contributed by atoms with van der Waals surface area (Å²) in [6.45, 7) is 0.163. The molecule has 2 aromatic heterocycles. The average molecular weight is 374 g/mol. The quantitative estimate of drug-likeness (QED) is 0.584. The normalized spacial score (nSPS) is 26.1. The highest BCUT2D eigenvalue weighted by Gasteiger charge is 2.41. The molecule has 12 nitrogen and oxygen atoms in total. The van der Waals surface area contributed by atoms with Crippen LogP contribution in [-0.4, -0.2) is 57.4 Å². The molecule has 0 amide bonds. The fraction of sp³-hybridized carbons (Fsp3) is 0.583. The van der Waals surface area contributed by atoms with Crippen LogP contribution < -0.4 is 11.5 Å². The third kappa shape index (κ3) is 3.59. The van der Waals surface area contributed by atoms with Gasteiger partial charge in [0.05, 0.1) is 12.9 Å². The van der Waals surface area contributed by atoms with Gasteiger partial charge in [-0.25, -0.2) is 9.55 Å². The molecule has 0 saturated carbocycles. The highest BCUT2D eigenvalue weighted by Crippen LogP contribution is 2.47. The molecule has 2 aromatic rings. The fourth-order valence-corrected chi connectivity index (χ4v) is 3.33. The minimum absolute atomic E-state index is 0.00484. The average Bonchev–Trinajstić information content (AvgIpc) is 3.12. The number of imidazole rings is 1. The molecule has 1 aliphatic rings. The number of nitrogens with two attached hydrogens (primary N) is 2. The molecule has 25 heavy (non-hydrogen) atoms. The number of aromatic nitrogens is 4. The van der Waals surface area contributed by atoms with E-state index >= 15 is 0 Å². The number of nitrogen functional groups attached to an aromatic ring is 2. The number of fused-ring (bicyclic) bond motifs is 1. The summed E-state index contributed by atoms with van der Waals surface area (Å²) in [6.07, 6.45) is -0.145. The molecule has 3 heterocycles. The van der Waals surface area contributed by atoms with E-state index in [0.29, 0.717) is 11.2 Å². The first-order chi connectivity index (χ1) is 11.8. The van der Waals surface area contributed by atoms with Crippen LogP contribution in [0.1, 0.15) is 12.6 Å². The molecule has 0 radical (unpaired) electrons. The maximum atomic E-state index is 11.7. The monoisotopic (exact) mass is 374 g/mol. The summed E-state index contributed by atoms with van der Waals surface area (Å²) in [5.41, 5.74) is 12.2. The second kappa shape index (κ2) is 6.83. The van der Waals surface area contributed by atoms with Crippen molar-refractivity contribution in [2.24, 2.45) is 0 Å². The lowest BCUT2D eigenvalue weighted by molar-refractivity contribution is -0.0520. The van der Waals surface area contributed by atoms with Crippen LogP contribution in [-0.2, 0) is 23.1 Å². The Kier molecular flexibility index (Phi) is 4.91. The van der Waals surface area contributed by atoms with Crippen molar-refractivity contribution in [2.75, 3.05) is 32.3 Å².